The fourth-order valence-electron chi connectivity index (χ4n) is 0.756. The van der Waals surface area contributed by atoms with E-state index in [1.54, 1.807) is 6.07 Å². The van der Waals surface area contributed by atoms with Gasteiger partial charge in [-0.05, 0) is 11.6 Å². The van der Waals surface area contributed by atoms with Crippen molar-refractivity contribution in [2.24, 2.45) is 0 Å². The molecular formula is C8H6BrCl2N. The van der Waals surface area contributed by atoms with E-state index in [9.17, 15) is 0 Å². The number of rotatable bonds is 2. The SMILES string of the molecule is C=C(CBr)c1cc(Cl)ncc1Cl. The third kappa shape index (κ3) is 2.22. The summed E-state index contributed by atoms with van der Waals surface area (Å²) in [4.78, 5) is 3.83. The zero-order valence-corrected chi connectivity index (χ0v) is 9.25. The van der Waals surface area contributed by atoms with E-state index >= 15 is 0 Å². The molecule has 0 aliphatic carbocycles. The molecule has 0 atom stereocenters. The van der Waals surface area contributed by atoms with E-state index in [-0.39, 0.29) is 0 Å². The van der Waals surface area contributed by atoms with Crippen LogP contribution in [-0.4, -0.2) is 10.3 Å². The fourth-order valence-corrected chi connectivity index (χ4v) is 1.45. The van der Waals surface area contributed by atoms with Crippen LogP contribution in [0.2, 0.25) is 10.2 Å². The van der Waals surface area contributed by atoms with E-state index in [1.807, 2.05) is 0 Å². The van der Waals surface area contributed by atoms with Crippen molar-refractivity contribution < 1.29 is 0 Å². The molecule has 0 fully saturated rings. The summed E-state index contributed by atoms with van der Waals surface area (Å²) in [6.45, 7) is 3.83. The molecule has 1 nitrogen and oxygen atoms in total. The van der Waals surface area contributed by atoms with Crippen LogP contribution in [0.5, 0.6) is 0 Å². The summed E-state index contributed by atoms with van der Waals surface area (Å²) in [6, 6.07) is 1.70. The van der Waals surface area contributed by atoms with Crippen molar-refractivity contribution in [3.63, 3.8) is 0 Å². The number of pyridine rings is 1. The lowest BCUT2D eigenvalue weighted by Gasteiger charge is -2.03. The minimum absolute atomic E-state index is 0.427. The summed E-state index contributed by atoms with van der Waals surface area (Å²) in [6.07, 6.45) is 1.52. The molecule has 12 heavy (non-hydrogen) atoms. The van der Waals surface area contributed by atoms with Crippen LogP contribution in [0.3, 0.4) is 0 Å². The molecule has 0 aliphatic rings. The molecule has 0 spiro atoms. The normalized spacial score (nSPS) is 9.92. The molecule has 0 amide bonds. The Hall–Kier alpha value is -0.0500. The summed E-state index contributed by atoms with van der Waals surface area (Å²) < 4.78 is 0. The lowest BCUT2D eigenvalue weighted by Crippen LogP contribution is -1.87. The lowest BCUT2D eigenvalue weighted by atomic mass is 10.1. The van der Waals surface area contributed by atoms with Gasteiger partial charge in [0.15, 0.2) is 0 Å². The van der Waals surface area contributed by atoms with E-state index < -0.39 is 0 Å². The summed E-state index contributed by atoms with van der Waals surface area (Å²) >= 11 is 14.8. The number of allylic oxidation sites excluding steroid dienone is 1. The molecule has 0 saturated heterocycles. The molecule has 0 saturated carbocycles. The van der Waals surface area contributed by atoms with E-state index in [0.717, 1.165) is 11.1 Å². The smallest absolute Gasteiger partial charge is 0.129 e. The number of halogens is 3. The fraction of sp³-hybridized carbons (Fsp3) is 0.125. The third-order valence-electron chi connectivity index (χ3n) is 1.36. The number of alkyl halides is 1. The highest BCUT2D eigenvalue weighted by Crippen LogP contribution is 2.25. The van der Waals surface area contributed by atoms with E-state index in [1.165, 1.54) is 6.20 Å². The van der Waals surface area contributed by atoms with Crippen LogP contribution in [0, 0.1) is 0 Å². The number of aromatic nitrogens is 1. The number of hydrogen-bond donors (Lipinski definition) is 0. The van der Waals surface area contributed by atoms with Crippen LogP contribution in [0.1, 0.15) is 5.56 Å². The van der Waals surface area contributed by atoms with Gasteiger partial charge in [0.05, 0.1) is 5.02 Å². The van der Waals surface area contributed by atoms with Crippen molar-refractivity contribution in [1.82, 2.24) is 4.98 Å². The van der Waals surface area contributed by atoms with Gasteiger partial charge >= 0.3 is 0 Å². The van der Waals surface area contributed by atoms with Crippen molar-refractivity contribution in [2.45, 2.75) is 0 Å². The summed E-state index contributed by atoms with van der Waals surface area (Å²) in [5.74, 6) is 0. The molecule has 0 unspecified atom stereocenters. The predicted molar refractivity (Wildman–Crippen MR) is 57.1 cm³/mol. The van der Waals surface area contributed by atoms with Crippen LogP contribution in [0.15, 0.2) is 18.8 Å². The number of hydrogen-bond acceptors (Lipinski definition) is 1. The Bertz CT molecular complexity index is 312. The maximum atomic E-state index is 5.87. The molecular weight excluding hydrogens is 261 g/mol. The molecule has 1 aromatic rings. The highest BCUT2D eigenvalue weighted by molar-refractivity contribution is 9.09. The first-order chi connectivity index (χ1) is 5.65. The van der Waals surface area contributed by atoms with Gasteiger partial charge in [-0.3, -0.25) is 0 Å². The molecule has 0 N–H and O–H groups in total. The van der Waals surface area contributed by atoms with Crippen LogP contribution in [-0.2, 0) is 0 Å². The van der Waals surface area contributed by atoms with Gasteiger partial charge in [0.2, 0.25) is 0 Å². The zero-order valence-electron chi connectivity index (χ0n) is 6.15. The number of nitrogens with zero attached hydrogens (tertiary/aromatic N) is 1. The molecule has 1 heterocycles. The van der Waals surface area contributed by atoms with Gasteiger partial charge in [0, 0.05) is 17.1 Å². The minimum Gasteiger partial charge on any atom is -0.243 e. The molecule has 1 aromatic heterocycles. The largest absolute Gasteiger partial charge is 0.243 e. The van der Waals surface area contributed by atoms with Gasteiger partial charge in [0.25, 0.3) is 0 Å². The van der Waals surface area contributed by atoms with Gasteiger partial charge in [-0.15, -0.1) is 0 Å². The van der Waals surface area contributed by atoms with Gasteiger partial charge in [-0.2, -0.15) is 0 Å². The van der Waals surface area contributed by atoms with Crippen LogP contribution < -0.4 is 0 Å². The maximum Gasteiger partial charge on any atom is 0.129 e. The summed E-state index contributed by atoms with van der Waals surface area (Å²) in [7, 11) is 0. The van der Waals surface area contributed by atoms with Gasteiger partial charge in [-0.1, -0.05) is 45.7 Å². The second-order valence-corrected chi connectivity index (χ2v) is 3.58. The predicted octanol–water partition coefficient (Wildman–Crippen LogP) is 3.80. The van der Waals surface area contributed by atoms with Crippen molar-refractivity contribution in [2.75, 3.05) is 5.33 Å². The van der Waals surface area contributed by atoms with Crippen LogP contribution in [0.4, 0.5) is 0 Å². The Morgan fingerprint density at radius 2 is 2.25 bits per heavy atom. The Labute approximate surface area is 89.5 Å². The molecule has 0 bridgehead atoms. The molecule has 0 aliphatic heterocycles. The van der Waals surface area contributed by atoms with Gasteiger partial charge < -0.3 is 0 Å². The topological polar surface area (TPSA) is 12.9 Å². The minimum atomic E-state index is 0.427. The van der Waals surface area contributed by atoms with Crippen molar-refractivity contribution in [3.8, 4) is 0 Å². The maximum absolute atomic E-state index is 5.87. The second kappa shape index (κ2) is 4.26. The first-order valence-electron chi connectivity index (χ1n) is 3.20. The summed E-state index contributed by atoms with van der Waals surface area (Å²) in [5, 5.41) is 1.67. The third-order valence-corrected chi connectivity index (χ3v) is 2.55. The Morgan fingerprint density at radius 3 is 2.83 bits per heavy atom. The van der Waals surface area contributed by atoms with Gasteiger partial charge in [-0.25, -0.2) is 4.98 Å². The van der Waals surface area contributed by atoms with E-state index in [4.69, 9.17) is 23.2 Å². The van der Waals surface area contributed by atoms with Crippen molar-refractivity contribution >= 4 is 44.7 Å². The second-order valence-electron chi connectivity index (χ2n) is 2.22. The molecule has 4 heteroatoms. The van der Waals surface area contributed by atoms with Crippen LogP contribution in [0.25, 0.3) is 5.57 Å². The standard InChI is InChI=1S/C8H6BrCl2N/c1-5(3-9)6-2-8(11)12-4-7(6)10/h2,4H,1,3H2. The zero-order chi connectivity index (χ0) is 9.14. The molecule has 0 aromatic carbocycles. The summed E-state index contributed by atoms with van der Waals surface area (Å²) in [5.41, 5.74) is 1.73. The molecule has 1 rings (SSSR count). The average Bonchev–Trinajstić information content (AvgIpc) is 2.08. The Morgan fingerprint density at radius 1 is 1.58 bits per heavy atom. The van der Waals surface area contributed by atoms with Crippen LogP contribution >= 0.6 is 39.1 Å². The van der Waals surface area contributed by atoms with Gasteiger partial charge in [0.1, 0.15) is 5.15 Å². The quantitative estimate of drug-likeness (QED) is 0.586. The Balaban J connectivity index is 3.13. The van der Waals surface area contributed by atoms with Crippen molar-refractivity contribution in [1.29, 1.82) is 0 Å². The molecule has 64 valence electrons. The first-order valence-corrected chi connectivity index (χ1v) is 5.08. The lowest BCUT2D eigenvalue weighted by molar-refractivity contribution is 1.31. The molecule has 0 radical (unpaired) electrons. The van der Waals surface area contributed by atoms with Crippen molar-refractivity contribution in [3.05, 3.63) is 34.6 Å². The highest BCUT2D eigenvalue weighted by Gasteiger charge is 2.04. The highest BCUT2D eigenvalue weighted by atomic mass is 79.9. The first kappa shape index (κ1) is 10.0. The van der Waals surface area contributed by atoms with E-state index in [0.29, 0.717) is 15.5 Å². The Kier molecular flexibility index (Phi) is 3.56. The van der Waals surface area contributed by atoms with E-state index in [2.05, 4.69) is 27.5 Å². The average molecular weight is 267 g/mol. The monoisotopic (exact) mass is 265 g/mol.